The molecule has 0 saturated heterocycles. The van der Waals surface area contributed by atoms with Crippen LogP contribution < -0.4 is 20.1 Å². The van der Waals surface area contributed by atoms with Gasteiger partial charge < -0.3 is 20.1 Å². The molecule has 2 rings (SSSR count). The van der Waals surface area contributed by atoms with Gasteiger partial charge >= 0.3 is 0 Å². The number of aromatic nitrogens is 1. The molecular weight excluding hydrogens is 266 g/mol. The zero-order valence-corrected chi connectivity index (χ0v) is 12.6. The first kappa shape index (κ1) is 15.0. The molecule has 1 aromatic heterocycles. The summed E-state index contributed by atoms with van der Waals surface area (Å²) >= 11 is 0. The van der Waals surface area contributed by atoms with E-state index >= 15 is 0 Å². The number of ether oxygens (including phenoxy) is 2. The number of nitrogens with one attached hydrogen (secondary N) is 2. The lowest BCUT2D eigenvalue weighted by Gasteiger charge is -2.14. The molecule has 0 atom stereocenters. The van der Waals surface area contributed by atoms with Gasteiger partial charge in [0.25, 0.3) is 0 Å². The van der Waals surface area contributed by atoms with E-state index in [0.29, 0.717) is 13.2 Å². The Balaban J connectivity index is 2.28. The average molecular weight is 287 g/mol. The van der Waals surface area contributed by atoms with Crippen molar-refractivity contribution >= 4 is 17.3 Å². The van der Waals surface area contributed by atoms with Crippen LogP contribution in [0.3, 0.4) is 0 Å². The van der Waals surface area contributed by atoms with Crippen LogP contribution in [-0.2, 0) is 0 Å². The summed E-state index contributed by atoms with van der Waals surface area (Å²) in [6.07, 6.45) is 0. The van der Waals surface area contributed by atoms with Crippen LogP contribution in [0.5, 0.6) is 11.5 Å². The third-order valence-electron chi connectivity index (χ3n) is 2.83. The van der Waals surface area contributed by atoms with E-state index in [4.69, 9.17) is 9.47 Å². The molecule has 0 radical (unpaired) electrons. The van der Waals surface area contributed by atoms with Crippen molar-refractivity contribution in [2.24, 2.45) is 0 Å². The Bertz CT molecular complexity index is 587. The van der Waals surface area contributed by atoms with Crippen LogP contribution in [0.2, 0.25) is 0 Å². The van der Waals surface area contributed by atoms with E-state index in [0.717, 1.165) is 28.8 Å². The number of anilines is 3. The average Bonchev–Trinajstić information content (AvgIpc) is 2.50. The van der Waals surface area contributed by atoms with Crippen molar-refractivity contribution in [1.29, 1.82) is 0 Å². The molecule has 0 spiro atoms. The van der Waals surface area contributed by atoms with Crippen molar-refractivity contribution in [2.45, 2.75) is 13.8 Å². The highest BCUT2D eigenvalue weighted by Crippen LogP contribution is 2.31. The van der Waals surface area contributed by atoms with Gasteiger partial charge in [-0.25, -0.2) is 4.98 Å². The fourth-order valence-electron chi connectivity index (χ4n) is 1.93. The lowest BCUT2D eigenvalue weighted by Crippen LogP contribution is -2.01. The van der Waals surface area contributed by atoms with Crippen molar-refractivity contribution in [2.75, 3.05) is 30.9 Å². The summed E-state index contributed by atoms with van der Waals surface area (Å²) in [7, 11) is 1.84. The monoisotopic (exact) mass is 287 g/mol. The van der Waals surface area contributed by atoms with Gasteiger partial charge in [0.1, 0.15) is 23.1 Å². The summed E-state index contributed by atoms with van der Waals surface area (Å²) in [4.78, 5) is 4.44. The summed E-state index contributed by atoms with van der Waals surface area (Å²) in [6.45, 7) is 5.15. The third-order valence-corrected chi connectivity index (χ3v) is 2.83. The number of benzene rings is 1. The van der Waals surface area contributed by atoms with E-state index in [1.165, 1.54) is 0 Å². The largest absolute Gasteiger partial charge is 0.494 e. The molecule has 1 heterocycles. The summed E-state index contributed by atoms with van der Waals surface area (Å²) in [5, 5.41) is 6.29. The Kier molecular flexibility index (Phi) is 5.26. The van der Waals surface area contributed by atoms with Gasteiger partial charge in [0.05, 0.1) is 18.9 Å². The summed E-state index contributed by atoms with van der Waals surface area (Å²) in [5.74, 6) is 3.13. The van der Waals surface area contributed by atoms with E-state index in [1.807, 2.05) is 57.3 Å². The number of hydrogen-bond donors (Lipinski definition) is 2. The van der Waals surface area contributed by atoms with E-state index in [-0.39, 0.29) is 0 Å². The van der Waals surface area contributed by atoms with Crippen molar-refractivity contribution in [3.05, 3.63) is 36.4 Å². The maximum atomic E-state index is 5.64. The number of rotatable bonds is 7. The van der Waals surface area contributed by atoms with E-state index in [9.17, 15) is 0 Å². The Morgan fingerprint density at radius 3 is 2.48 bits per heavy atom. The van der Waals surface area contributed by atoms with Crippen LogP contribution in [0.15, 0.2) is 36.4 Å². The fraction of sp³-hybridized carbons (Fsp3) is 0.312. The van der Waals surface area contributed by atoms with Gasteiger partial charge in [0.15, 0.2) is 0 Å². The van der Waals surface area contributed by atoms with E-state index < -0.39 is 0 Å². The summed E-state index contributed by atoms with van der Waals surface area (Å²) in [6, 6.07) is 11.5. The maximum absolute atomic E-state index is 5.64. The summed E-state index contributed by atoms with van der Waals surface area (Å²) in [5.41, 5.74) is 0.837. The Morgan fingerprint density at radius 2 is 1.76 bits per heavy atom. The van der Waals surface area contributed by atoms with Gasteiger partial charge in [-0.05, 0) is 38.1 Å². The minimum absolute atomic E-state index is 0.604. The molecule has 0 aliphatic rings. The van der Waals surface area contributed by atoms with Crippen LogP contribution in [0, 0.1) is 0 Å². The van der Waals surface area contributed by atoms with Gasteiger partial charge in [-0.2, -0.15) is 0 Å². The minimum Gasteiger partial charge on any atom is -0.494 e. The molecule has 0 unspecified atom stereocenters. The molecule has 1 aromatic carbocycles. The first-order valence-corrected chi connectivity index (χ1v) is 7.08. The predicted octanol–water partition coefficient (Wildman–Crippen LogP) is 3.66. The molecule has 0 saturated carbocycles. The zero-order valence-electron chi connectivity index (χ0n) is 12.6. The predicted molar refractivity (Wildman–Crippen MR) is 85.8 cm³/mol. The molecule has 0 amide bonds. The summed E-state index contributed by atoms with van der Waals surface area (Å²) < 4.78 is 11.2. The molecule has 5 nitrogen and oxygen atoms in total. The second-order valence-corrected chi connectivity index (χ2v) is 4.31. The van der Waals surface area contributed by atoms with Crippen LogP contribution in [0.25, 0.3) is 0 Å². The highest BCUT2D eigenvalue weighted by molar-refractivity contribution is 5.67. The molecule has 0 bridgehead atoms. The van der Waals surface area contributed by atoms with Crippen LogP contribution in [0.1, 0.15) is 13.8 Å². The second kappa shape index (κ2) is 7.38. The van der Waals surface area contributed by atoms with Crippen molar-refractivity contribution < 1.29 is 9.47 Å². The molecule has 2 aromatic rings. The van der Waals surface area contributed by atoms with Crippen LogP contribution in [0.4, 0.5) is 17.3 Å². The molecule has 5 heteroatoms. The number of nitrogens with zero attached hydrogens (tertiary/aromatic N) is 1. The lowest BCUT2D eigenvalue weighted by molar-refractivity contribution is 0.332. The Hall–Kier alpha value is -2.43. The van der Waals surface area contributed by atoms with Crippen molar-refractivity contribution in [3.63, 3.8) is 0 Å². The molecule has 0 aliphatic carbocycles. The first-order valence-electron chi connectivity index (χ1n) is 7.08. The quantitative estimate of drug-likeness (QED) is 0.814. The molecule has 0 aliphatic heterocycles. The number of pyridine rings is 1. The first-order chi connectivity index (χ1) is 10.3. The highest BCUT2D eigenvalue weighted by atomic mass is 16.5. The second-order valence-electron chi connectivity index (χ2n) is 4.31. The van der Waals surface area contributed by atoms with Gasteiger partial charge in [0.2, 0.25) is 0 Å². The topological polar surface area (TPSA) is 55.4 Å². The zero-order chi connectivity index (χ0) is 15.1. The van der Waals surface area contributed by atoms with Crippen molar-refractivity contribution in [1.82, 2.24) is 4.98 Å². The smallest absolute Gasteiger partial charge is 0.143 e. The van der Waals surface area contributed by atoms with Gasteiger partial charge in [-0.1, -0.05) is 6.07 Å². The van der Waals surface area contributed by atoms with Gasteiger partial charge in [-0.15, -0.1) is 0 Å². The minimum atomic E-state index is 0.604. The molecule has 21 heavy (non-hydrogen) atoms. The lowest BCUT2D eigenvalue weighted by atomic mass is 10.2. The Morgan fingerprint density at radius 1 is 1.00 bits per heavy atom. The Labute approximate surface area is 125 Å². The molecular formula is C16H21N3O2. The highest BCUT2D eigenvalue weighted by Gasteiger charge is 2.07. The van der Waals surface area contributed by atoms with Gasteiger partial charge in [-0.3, -0.25) is 0 Å². The number of hydrogen-bond acceptors (Lipinski definition) is 5. The molecule has 2 N–H and O–H groups in total. The van der Waals surface area contributed by atoms with Crippen molar-refractivity contribution in [3.8, 4) is 11.5 Å². The maximum Gasteiger partial charge on any atom is 0.143 e. The van der Waals surface area contributed by atoms with E-state index in [2.05, 4.69) is 15.6 Å². The SMILES string of the molecule is CCOc1ccc(OCC)c(Nc2cccc(NC)n2)c1. The fourth-order valence-corrected chi connectivity index (χ4v) is 1.93. The normalized spacial score (nSPS) is 10.0. The van der Waals surface area contributed by atoms with Crippen LogP contribution >= 0.6 is 0 Å². The molecule has 112 valence electrons. The van der Waals surface area contributed by atoms with Crippen LogP contribution in [-0.4, -0.2) is 25.2 Å². The van der Waals surface area contributed by atoms with Gasteiger partial charge in [0, 0.05) is 13.1 Å². The standard InChI is InChI=1S/C16H21N3O2/c1-4-20-12-9-10-14(21-5-2)13(11-12)18-16-8-6-7-15(17-3)19-16/h6-11H,4-5H2,1-3H3,(H2,17,18,19). The third kappa shape index (κ3) is 4.02. The van der Waals surface area contributed by atoms with E-state index in [1.54, 1.807) is 0 Å². The molecule has 0 fully saturated rings.